The van der Waals surface area contributed by atoms with E-state index in [0.717, 1.165) is 36.4 Å². The lowest BCUT2D eigenvalue weighted by Crippen LogP contribution is -2.32. The van der Waals surface area contributed by atoms with Crippen molar-refractivity contribution in [3.8, 4) is 0 Å². The summed E-state index contributed by atoms with van der Waals surface area (Å²) in [5.74, 6) is 0.939. The number of H-pyrrole nitrogens is 1. The van der Waals surface area contributed by atoms with Gasteiger partial charge in [-0.15, -0.1) is 24.8 Å². The molecule has 0 radical (unpaired) electrons. The molecule has 124 valence electrons. The van der Waals surface area contributed by atoms with Crippen molar-refractivity contribution in [3.63, 3.8) is 0 Å². The molecule has 0 unspecified atom stereocenters. The summed E-state index contributed by atoms with van der Waals surface area (Å²) in [6.07, 6.45) is 2.22. The first-order valence-electron chi connectivity index (χ1n) is 7.20. The minimum atomic E-state index is 0. The molecular formula is C15H24Cl2N4O. The largest absolute Gasteiger partial charge is 0.355 e. The van der Waals surface area contributed by atoms with Crippen LogP contribution in [-0.4, -0.2) is 35.5 Å². The quantitative estimate of drug-likeness (QED) is 0.643. The monoisotopic (exact) mass is 346 g/mol. The third kappa shape index (κ3) is 6.64. The number of benzene rings is 1. The Labute approximate surface area is 143 Å². The number of fused-ring (bicyclic) bond motifs is 1. The van der Waals surface area contributed by atoms with E-state index in [-0.39, 0.29) is 30.7 Å². The molecule has 0 bridgehead atoms. The summed E-state index contributed by atoms with van der Waals surface area (Å²) < 4.78 is 0. The van der Waals surface area contributed by atoms with Crippen LogP contribution in [0.1, 0.15) is 25.6 Å². The van der Waals surface area contributed by atoms with Crippen LogP contribution in [0.15, 0.2) is 24.3 Å². The Morgan fingerprint density at radius 2 is 1.95 bits per heavy atom. The molecule has 1 amide bonds. The fourth-order valence-electron chi connectivity index (χ4n) is 2.04. The van der Waals surface area contributed by atoms with Gasteiger partial charge in [-0.1, -0.05) is 19.1 Å². The van der Waals surface area contributed by atoms with Gasteiger partial charge in [-0.05, 0) is 25.1 Å². The molecule has 1 aromatic carbocycles. The molecule has 0 saturated heterocycles. The Morgan fingerprint density at radius 1 is 1.18 bits per heavy atom. The fourth-order valence-corrected chi connectivity index (χ4v) is 2.04. The fraction of sp³-hybridized carbons (Fsp3) is 0.467. The summed E-state index contributed by atoms with van der Waals surface area (Å²) in [5.41, 5.74) is 1.97. The number of nitrogens with zero attached hydrogens (tertiary/aromatic N) is 1. The van der Waals surface area contributed by atoms with Crippen LogP contribution in [-0.2, 0) is 11.2 Å². The number of aromatic nitrogens is 2. The van der Waals surface area contributed by atoms with Crippen molar-refractivity contribution in [2.24, 2.45) is 0 Å². The Bertz CT molecular complexity index is 526. The molecule has 2 aromatic rings. The molecule has 0 aliphatic carbocycles. The van der Waals surface area contributed by atoms with Gasteiger partial charge in [0.25, 0.3) is 0 Å². The third-order valence-corrected chi connectivity index (χ3v) is 3.08. The van der Waals surface area contributed by atoms with Gasteiger partial charge >= 0.3 is 0 Å². The molecule has 5 nitrogen and oxygen atoms in total. The van der Waals surface area contributed by atoms with E-state index in [2.05, 4.69) is 27.5 Å². The lowest BCUT2D eigenvalue weighted by Gasteiger charge is -2.05. The number of hydrogen-bond acceptors (Lipinski definition) is 3. The van der Waals surface area contributed by atoms with E-state index in [0.29, 0.717) is 19.4 Å². The van der Waals surface area contributed by atoms with E-state index < -0.39 is 0 Å². The molecule has 0 spiro atoms. The molecule has 0 atom stereocenters. The molecule has 22 heavy (non-hydrogen) atoms. The van der Waals surface area contributed by atoms with Gasteiger partial charge in [0, 0.05) is 25.9 Å². The summed E-state index contributed by atoms with van der Waals surface area (Å²) >= 11 is 0. The predicted octanol–water partition coefficient (Wildman–Crippen LogP) is 2.45. The van der Waals surface area contributed by atoms with Crippen LogP contribution >= 0.6 is 24.8 Å². The van der Waals surface area contributed by atoms with Crippen molar-refractivity contribution in [1.29, 1.82) is 0 Å². The minimum Gasteiger partial charge on any atom is -0.355 e. The number of hydrogen-bond donors (Lipinski definition) is 3. The summed E-state index contributed by atoms with van der Waals surface area (Å²) in [6.45, 7) is 4.62. The highest BCUT2D eigenvalue weighted by molar-refractivity contribution is 5.85. The lowest BCUT2D eigenvalue weighted by atomic mass is 10.3. The number of carbonyl (C=O) groups excluding carboxylic acids is 1. The SMILES string of the molecule is CCCNCCNC(=O)CCc1nc2ccccc2[nH]1.Cl.Cl. The van der Waals surface area contributed by atoms with Gasteiger partial charge in [0.1, 0.15) is 5.82 Å². The van der Waals surface area contributed by atoms with Gasteiger partial charge in [-0.25, -0.2) is 4.98 Å². The van der Waals surface area contributed by atoms with Crippen molar-refractivity contribution in [2.75, 3.05) is 19.6 Å². The van der Waals surface area contributed by atoms with Gasteiger partial charge in [-0.2, -0.15) is 0 Å². The molecule has 0 fully saturated rings. The first kappa shape index (κ1) is 20.7. The number of imidazole rings is 1. The van der Waals surface area contributed by atoms with Gasteiger partial charge in [0.2, 0.25) is 5.91 Å². The average Bonchev–Trinajstić information content (AvgIpc) is 2.88. The smallest absolute Gasteiger partial charge is 0.220 e. The Morgan fingerprint density at radius 3 is 2.68 bits per heavy atom. The van der Waals surface area contributed by atoms with E-state index in [1.165, 1.54) is 0 Å². The number of para-hydroxylation sites is 2. The second-order valence-electron chi connectivity index (χ2n) is 4.80. The van der Waals surface area contributed by atoms with Gasteiger partial charge < -0.3 is 15.6 Å². The Hall–Kier alpha value is -1.30. The molecule has 0 aliphatic heterocycles. The summed E-state index contributed by atoms with van der Waals surface area (Å²) in [4.78, 5) is 19.4. The zero-order valence-electron chi connectivity index (χ0n) is 12.7. The number of rotatable bonds is 8. The summed E-state index contributed by atoms with van der Waals surface area (Å²) in [6, 6.07) is 7.89. The maximum atomic E-state index is 11.7. The van der Waals surface area contributed by atoms with E-state index in [4.69, 9.17) is 0 Å². The number of carbonyl (C=O) groups is 1. The first-order chi connectivity index (χ1) is 9.79. The maximum Gasteiger partial charge on any atom is 0.220 e. The second-order valence-corrected chi connectivity index (χ2v) is 4.80. The van der Waals surface area contributed by atoms with Crippen molar-refractivity contribution in [3.05, 3.63) is 30.1 Å². The van der Waals surface area contributed by atoms with Crippen LogP contribution in [0.5, 0.6) is 0 Å². The molecule has 0 aliphatic rings. The molecule has 1 aromatic heterocycles. The summed E-state index contributed by atoms with van der Waals surface area (Å²) in [5, 5.41) is 6.15. The van der Waals surface area contributed by atoms with E-state index >= 15 is 0 Å². The van der Waals surface area contributed by atoms with Crippen molar-refractivity contribution >= 4 is 41.8 Å². The first-order valence-corrected chi connectivity index (χ1v) is 7.20. The third-order valence-electron chi connectivity index (χ3n) is 3.08. The number of nitrogens with one attached hydrogen (secondary N) is 3. The standard InChI is InChI=1S/C15H22N4O.2ClH/c1-2-9-16-10-11-17-15(20)8-7-14-18-12-5-3-4-6-13(12)19-14;;/h3-6,16H,2,7-11H2,1H3,(H,17,20)(H,18,19);2*1H. The average molecular weight is 347 g/mol. The molecule has 3 N–H and O–H groups in total. The summed E-state index contributed by atoms with van der Waals surface area (Å²) in [7, 11) is 0. The topological polar surface area (TPSA) is 69.8 Å². The highest BCUT2D eigenvalue weighted by Gasteiger charge is 2.05. The number of halogens is 2. The number of aromatic amines is 1. The van der Waals surface area contributed by atoms with Crippen LogP contribution < -0.4 is 10.6 Å². The van der Waals surface area contributed by atoms with Gasteiger partial charge in [0.15, 0.2) is 0 Å². The lowest BCUT2D eigenvalue weighted by molar-refractivity contribution is -0.121. The van der Waals surface area contributed by atoms with Crippen LogP contribution in [0.4, 0.5) is 0 Å². The second kappa shape index (κ2) is 11.3. The highest BCUT2D eigenvalue weighted by Crippen LogP contribution is 2.11. The molecule has 2 rings (SSSR count). The van der Waals surface area contributed by atoms with Crippen LogP contribution in [0.2, 0.25) is 0 Å². The highest BCUT2D eigenvalue weighted by atomic mass is 35.5. The number of amides is 1. The maximum absolute atomic E-state index is 11.7. The number of aryl methyl sites for hydroxylation is 1. The van der Waals surface area contributed by atoms with Crippen molar-refractivity contribution < 1.29 is 4.79 Å². The Kier molecular flexibility index (Phi) is 10.6. The zero-order valence-corrected chi connectivity index (χ0v) is 14.4. The van der Waals surface area contributed by atoms with Gasteiger partial charge in [0.05, 0.1) is 11.0 Å². The molecule has 0 saturated carbocycles. The van der Waals surface area contributed by atoms with E-state index in [1.54, 1.807) is 0 Å². The minimum absolute atomic E-state index is 0. The normalized spacial score (nSPS) is 9.86. The van der Waals surface area contributed by atoms with Crippen molar-refractivity contribution in [2.45, 2.75) is 26.2 Å². The van der Waals surface area contributed by atoms with E-state index in [9.17, 15) is 4.79 Å². The Balaban J connectivity index is 0.00000220. The van der Waals surface area contributed by atoms with E-state index in [1.807, 2.05) is 24.3 Å². The zero-order chi connectivity index (χ0) is 14.2. The molecule has 7 heteroatoms. The predicted molar refractivity (Wildman–Crippen MR) is 95.1 cm³/mol. The molecular weight excluding hydrogens is 323 g/mol. The van der Waals surface area contributed by atoms with Gasteiger partial charge in [-0.3, -0.25) is 4.79 Å². The van der Waals surface area contributed by atoms with Crippen molar-refractivity contribution in [1.82, 2.24) is 20.6 Å². The molecule has 1 heterocycles. The van der Waals surface area contributed by atoms with Crippen LogP contribution in [0.25, 0.3) is 11.0 Å². The van der Waals surface area contributed by atoms with Crippen LogP contribution in [0.3, 0.4) is 0 Å². The van der Waals surface area contributed by atoms with Crippen LogP contribution in [0, 0.1) is 0 Å².